The maximum atomic E-state index is 12.9. The van der Waals surface area contributed by atoms with Crippen LogP contribution in [0.5, 0.6) is 34.5 Å². The average molecular weight is 2180 g/mol. The number of phenolic OH excluding ortho intramolecular Hbond substituents is 6. The van der Waals surface area contributed by atoms with Crippen molar-refractivity contribution in [2.75, 3.05) is 25.1 Å². The number of aromatic hydroxyl groups is 6. The largest absolute Gasteiger partial charge is 0.507 e. The van der Waals surface area contributed by atoms with E-state index in [0.29, 0.717) is 83.8 Å². The number of carbonyl (C=O) groups is 1. The van der Waals surface area contributed by atoms with Crippen molar-refractivity contribution in [3.8, 4) is 56.8 Å². The molecule has 14 nitrogen and oxygen atoms in total. The predicted octanol–water partition coefficient (Wildman–Crippen LogP) is 35.4. The molecule has 1 saturated heterocycles. The molecule has 14 aromatic carbocycles. The normalized spacial score (nSPS) is 12.8. The van der Waals surface area contributed by atoms with Crippen LogP contribution in [-0.4, -0.2) is 84.9 Å². The van der Waals surface area contributed by atoms with Crippen molar-refractivity contribution in [2.24, 2.45) is 9.98 Å². The quantitative estimate of drug-likeness (QED) is 0.0138. The standard InChI is InChI=1S/C29H28OS.C22H22N2O2.C22H27NO2.C20H14Cl4O2S2.C14H12Cl2OS.C13H10Cl2N2O/c1-29(2,3)23-19-25(21-13-7-4-8-14-21)27(30)26(20-23)28(22-15-9-5-10-16-22)31-24-17-11-6-12-18-24;1-2-26-22(25)20(17-11-5-3-6-12-17)21(19-15-9-10-16-23-19)24-18-13-7-4-8-14-18;1-22(2,3)18-12-17(14-23-15-19-10-7-11-25-19)21(24)20(13-18)16-8-5-4-6-9-16;21-13-5-11(19(25)15(23)7-13)9-27-17-3-1-2-4-18(17)28-10-12-6-14(22)8-16(24)20(12)26;15-12-6-11(14(17)13(16)7-12)9-18-8-10-4-2-1-3-5-10;1-8-3-2-4-16-13(8)17-7-9-5-10(14)6-11(15)12(9)18/h4-20,28,30H,1-3H3;3-16,20-21,24H,2H2,1H3;4-6,8-9,12-14,19,24H,7,10-11,15H2,1-3H3;1-8,25-26H,9-10H2;1-7,17H,8-9H2;2-7,18H,1H3. The summed E-state index contributed by atoms with van der Waals surface area (Å²) in [6.07, 6.45) is 9.08. The molecule has 4 atom stereocenters. The monoisotopic (exact) mass is 2180 g/mol. The Morgan fingerprint density at radius 1 is 0.466 bits per heavy atom. The molecule has 752 valence electrons. The number of benzene rings is 14. The fraction of sp³-hybridized carbons (Fsp3) is 0.192. The first-order valence-corrected chi connectivity index (χ1v) is 54.1. The molecule has 1 fully saturated rings. The highest BCUT2D eigenvalue weighted by molar-refractivity contribution is 8.01. The van der Waals surface area contributed by atoms with E-state index in [0.717, 1.165) is 96.4 Å². The molecule has 0 radical (unpaired) electrons. The number of hydrogen-bond donors (Lipinski definition) is 7. The number of thioether (sulfide) groups is 4. The van der Waals surface area contributed by atoms with Gasteiger partial charge in [0, 0.05) is 139 Å². The molecule has 0 aliphatic carbocycles. The number of aliphatic imine (C=N–C) groups is 2. The average Bonchev–Trinajstić information content (AvgIpc) is 0.823. The molecule has 0 amide bonds. The Hall–Kier alpha value is -11.5. The van der Waals surface area contributed by atoms with Crippen LogP contribution in [0.15, 0.2) is 377 Å². The zero-order valence-electron chi connectivity index (χ0n) is 81.7. The second-order valence-electron chi connectivity index (χ2n) is 35.8. The lowest BCUT2D eigenvalue weighted by atomic mass is 9.83. The number of pyridine rings is 2. The zero-order chi connectivity index (χ0) is 104. The maximum Gasteiger partial charge on any atom is 0.315 e. The molecule has 0 bridgehead atoms. The number of ether oxygens (including phenoxy) is 2. The van der Waals surface area contributed by atoms with Gasteiger partial charge in [-0.1, -0.05) is 353 Å². The Bertz CT molecular complexity index is 6890. The zero-order valence-corrected chi connectivity index (χ0v) is 91.0. The van der Waals surface area contributed by atoms with E-state index in [4.69, 9.17) is 102 Å². The molecule has 146 heavy (non-hydrogen) atoms. The summed E-state index contributed by atoms with van der Waals surface area (Å²) in [7, 11) is 0. The lowest BCUT2D eigenvalue weighted by Crippen LogP contribution is -2.28. The molecule has 3 heterocycles. The van der Waals surface area contributed by atoms with Gasteiger partial charge in [-0.2, -0.15) is 11.8 Å². The number of phenols is 6. The number of anilines is 1. The fourth-order valence-corrected chi connectivity index (χ4v) is 21.7. The second kappa shape index (κ2) is 56.6. The summed E-state index contributed by atoms with van der Waals surface area (Å²) in [6, 6.07) is 109. The number of nitrogens with zero attached hydrogens (tertiary/aromatic N) is 4. The first-order chi connectivity index (χ1) is 70.3. The van der Waals surface area contributed by atoms with Crippen LogP contribution in [0.2, 0.25) is 40.2 Å². The third kappa shape index (κ3) is 34.0. The third-order valence-electron chi connectivity index (χ3n) is 22.9. The molecule has 0 saturated carbocycles. The summed E-state index contributed by atoms with van der Waals surface area (Å²) >= 11 is 54.2. The van der Waals surface area contributed by atoms with Crippen LogP contribution in [0, 0.1) is 6.92 Å². The van der Waals surface area contributed by atoms with E-state index in [1.54, 1.807) is 96.0 Å². The number of esters is 1. The smallest absolute Gasteiger partial charge is 0.315 e. The molecular formula is C120H113Cl8N5O9S4. The summed E-state index contributed by atoms with van der Waals surface area (Å²) in [6.45, 7) is 18.8. The van der Waals surface area contributed by atoms with Gasteiger partial charge in [-0.05, 0) is 203 Å². The van der Waals surface area contributed by atoms with E-state index < -0.39 is 5.92 Å². The molecule has 17 rings (SSSR count). The van der Waals surface area contributed by atoms with Crippen LogP contribution in [0.1, 0.15) is 151 Å². The SMILES string of the molecule is CC(C)(C)c1cc(-c2ccccc2)c(O)c(C(Sc2ccccc2)c2ccccc2)c1.CC(C)(C)c1cc(C=NCC2CCCO2)c(O)c(-c2ccccc2)c1.CCOC(=O)C(c1ccccc1)C(Nc1ccccc1)c1ccccn1.Cc1cccnc1N=Cc1cc(Cl)cc(Cl)c1O.Oc1c(Cl)cc(Cl)cc1CSCc1ccccc1.Oc1c(Cl)cc(Cl)cc1CSc1ccccc1SCc1cc(Cl)cc(Cl)c1O. The van der Waals surface area contributed by atoms with E-state index in [2.05, 4.69) is 158 Å². The Balaban J connectivity index is 0.000000157. The molecule has 4 unspecified atom stereocenters. The van der Waals surface area contributed by atoms with Gasteiger partial charge >= 0.3 is 5.97 Å². The number of aryl methyl sites for hydroxylation is 1. The summed E-state index contributed by atoms with van der Waals surface area (Å²) < 4.78 is 11.0. The van der Waals surface area contributed by atoms with Crippen molar-refractivity contribution >= 4 is 170 Å². The van der Waals surface area contributed by atoms with Crippen molar-refractivity contribution < 1.29 is 44.9 Å². The summed E-state index contributed by atoms with van der Waals surface area (Å²) in [5.74, 6) is 3.23. The summed E-state index contributed by atoms with van der Waals surface area (Å²) in [5.41, 5.74) is 16.4. The van der Waals surface area contributed by atoms with E-state index in [-0.39, 0.29) is 78.0 Å². The van der Waals surface area contributed by atoms with Gasteiger partial charge in [0.1, 0.15) is 40.4 Å². The summed E-state index contributed by atoms with van der Waals surface area (Å²) in [4.78, 5) is 33.5. The van der Waals surface area contributed by atoms with Crippen LogP contribution >= 0.6 is 140 Å². The first kappa shape index (κ1) is 113. The van der Waals surface area contributed by atoms with E-state index in [9.17, 15) is 35.4 Å². The number of halogens is 8. The van der Waals surface area contributed by atoms with Crippen molar-refractivity contribution in [3.63, 3.8) is 0 Å². The third-order valence-corrected chi connectivity index (χ3v) is 29.7. The van der Waals surface area contributed by atoms with Gasteiger partial charge in [0.05, 0.1) is 56.3 Å². The fourth-order valence-electron chi connectivity index (χ4n) is 15.2. The molecule has 7 N–H and O–H groups in total. The number of aromatic nitrogens is 2. The van der Waals surface area contributed by atoms with Gasteiger partial charge in [-0.3, -0.25) is 14.8 Å². The maximum absolute atomic E-state index is 12.9. The minimum absolute atomic E-state index is 0.00557. The minimum Gasteiger partial charge on any atom is -0.507 e. The molecule has 26 heteroatoms. The van der Waals surface area contributed by atoms with E-state index in [1.165, 1.54) is 51.6 Å². The first-order valence-electron chi connectivity index (χ1n) is 47.1. The number of nitrogens with one attached hydrogen (secondary N) is 1. The van der Waals surface area contributed by atoms with Crippen LogP contribution < -0.4 is 5.32 Å². The van der Waals surface area contributed by atoms with Crippen LogP contribution in [0.3, 0.4) is 0 Å². The Morgan fingerprint density at radius 2 is 0.918 bits per heavy atom. The van der Waals surface area contributed by atoms with Crippen LogP contribution in [0.4, 0.5) is 11.5 Å². The lowest BCUT2D eigenvalue weighted by molar-refractivity contribution is -0.145. The number of para-hydroxylation sites is 1. The lowest BCUT2D eigenvalue weighted by Gasteiger charge is -2.27. The Morgan fingerprint density at radius 3 is 1.42 bits per heavy atom. The van der Waals surface area contributed by atoms with E-state index >= 15 is 0 Å². The highest BCUT2D eigenvalue weighted by Gasteiger charge is 2.34. The molecule has 16 aromatic rings. The molecule has 0 spiro atoms. The van der Waals surface area contributed by atoms with Gasteiger partial charge in [0.2, 0.25) is 0 Å². The molecule has 1 aliphatic heterocycles. The highest BCUT2D eigenvalue weighted by Crippen LogP contribution is 2.50. The van der Waals surface area contributed by atoms with Gasteiger partial charge in [-0.15, -0.1) is 35.3 Å². The Labute approximate surface area is 913 Å². The number of carbonyl (C=O) groups excluding carboxylic acids is 1. The molecular weight excluding hydrogens is 2070 g/mol. The number of hydrogen-bond acceptors (Lipinski definition) is 18. The van der Waals surface area contributed by atoms with Crippen molar-refractivity contribution in [3.05, 3.63) is 465 Å². The summed E-state index contributed by atoms with van der Waals surface area (Å²) in [5, 5.41) is 68.6. The Kier molecular flexibility index (Phi) is 43.9. The topological polar surface area (TPSA) is 219 Å². The van der Waals surface area contributed by atoms with Crippen molar-refractivity contribution in [1.82, 2.24) is 9.97 Å². The predicted molar refractivity (Wildman–Crippen MR) is 615 cm³/mol. The molecule has 1 aliphatic rings. The van der Waals surface area contributed by atoms with Crippen molar-refractivity contribution in [1.29, 1.82) is 0 Å². The van der Waals surface area contributed by atoms with Crippen molar-refractivity contribution in [2.45, 2.75) is 140 Å². The van der Waals surface area contributed by atoms with Gasteiger partial charge < -0.3 is 45.4 Å². The minimum atomic E-state index is -0.508. The molecule has 2 aromatic heterocycles. The van der Waals surface area contributed by atoms with Gasteiger partial charge in [0.25, 0.3) is 0 Å². The van der Waals surface area contributed by atoms with Crippen LogP contribution in [-0.2, 0) is 48.1 Å². The van der Waals surface area contributed by atoms with Gasteiger partial charge in [-0.25, -0.2) is 9.98 Å². The highest BCUT2D eigenvalue weighted by atomic mass is 35.5. The second-order valence-corrected chi connectivity index (χ2v) is 43.4. The van der Waals surface area contributed by atoms with E-state index in [1.807, 2.05) is 214 Å². The number of rotatable bonds is 28. The van der Waals surface area contributed by atoms with Gasteiger partial charge in [0.15, 0.2) is 5.82 Å². The van der Waals surface area contributed by atoms with Crippen LogP contribution in [0.25, 0.3) is 22.3 Å².